The Labute approximate surface area is 126 Å². The first-order valence-electron chi connectivity index (χ1n) is 7.00. The Bertz CT molecular complexity index is 332. The number of nitrogens with one attached hydrogen (secondary N) is 2. The molecule has 1 unspecified atom stereocenters. The van der Waals surface area contributed by atoms with E-state index in [0.29, 0.717) is 0 Å². The Morgan fingerprint density at radius 3 is 2.35 bits per heavy atom. The maximum atomic E-state index is 11.6. The maximum absolute atomic E-state index is 11.6. The SMILES string of the molecule is CCN(CC)CCCC(C)NC(=O)C(=O)NCC(N)=S. The number of rotatable bonds is 9. The van der Waals surface area contributed by atoms with Crippen LogP contribution in [0.1, 0.15) is 33.6 Å². The number of amides is 2. The number of nitrogens with two attached hydrogens (primary N) is 1. The van der Waals surface area contributed by atoms with Crippen LogP contribution in [0.2, 0.25) is 0 Å². The predicted molar refractivity (Wildman–Crippen MR) is 84.4 cm³/mol. The van der Waals surface area contributed by atoms with Gasteiger partial charge >= 0.3 is 11.8 Å². The van der Waals surface area contributed by atoms with Gasteiger partial charge in [0, 0.05) is 6.04 Å². The average molecular weight is 302 g/mol. The molecule has 0 aromatic rings. The van der Waals surface area contributed by atoms with Crippen molar-refractivity contribution in [2.75, 3.05) is 26.2 Å². The molecule has 0 aliphatic carbocycles. The summed E-state index contributed by atoms with van der Waals surface area (Å²) in [6, 6.07) is -0.0337. The van der Waals surface area contributed by atoms with Gasteiger partial charge in [0.05, 0.1) is 11.5 Å². The van der Waals surface area contributed by atoms with Gasteiger partial charge < -0.3 is 21.3 Å². The topological polar surface area (TPSA) is 87.5 Å². The molecule has 20 heavy (non-hydrogen) atoms. The zero-order valence-electron chi connectivity index (χ0n) is 12.6. The fraction of sp³-hybridized carbons (Fsp3) is 0.769. The second kappa shape index (κ2) is 10.6. The van der Waals surface area contributed by atoms with Gasteiger partial charge in [0.15, 0.2) is 0 Å². The lowest BCUT2D eigenvalue weighted by atomic mass is 10.1. The predicted octanol–water partition coefficient (Wildman–Crippen LogP) is 0.0154. The lowest BCUT2D eigenvalue weighted by Crippen LogP contribution is -2.45. The van der Waals surface area contributed by atoms with Crippen LogP contribution in [0.25, 0.3) is 0 Å². The highest BCUT2D eigenvalue weighted by Crippen LogP contribution is 1.99. The summed E-state index contributed by atoms with van der Waals surface area (Å²) in [6.07, 6.45) is 1.82. The molecule has 0 aliphatic heterocycles. The van der Waals surface area contributed by atoms with Crippen LogP contribution < -0.4 is 16.4 Å². The van der Waals surface area contributed by atoms with Crippen LogP contribution in [0.5, 0.6) is 0 Å². The van der Waals surface area contributed by atoms with E-state index in [-0.39, 0.29) is 17.6 Å². The summed E-state index contributed by atoms with van der Waals surface area (Å²) in [5.41, 5.74) is 5.24. The molecule has 0 saturated carbocycles. The van der Waals surface area contributed by atoms with Gasteiger partial charge in [0.1, 0.15) is 0 Å². The Morgan fingerprint density at radius 2 is 1.85 bits per heavy atom. The van der Waals surface area contributed by atoms with E-state index in [4.69, 9.17) is 5.73 Å². The third-order valence-electron chi connectivity index (χ3n) is 3.01. The van der Waals surface area contributed by atoms with Crippen molar-refractivity contribution in [1.82, 2.24) is 15.5 Å². The van der Waals surface area contributed by atoms with Crippen LogP contribution in [0, 0.1) is 0 Å². The van der Waals surface area contributed by atoms with E-state index in [0.717, 1.165) is 32.5 Å². The molecule has 0 rings (SSSR count). The van der Waals surface area contributed by atoms with E-state index >= 15 is 0 Å². The standard InChI is InChI=1S/C13H26N4O2S/c1-4-17(5-2)8-6-7-10(3)16-13(19)12(18)15-9-11(14)20/h10H,4-9H2,1-3H3,(H2,14,20)(H,15,18)(H,16,19). The molecule has 7 heteroatoms. The molecule has 4 N–H and O–H groups in total. The highest BCUT2D eigenvalue weighted by atomic mass is 32.1. The molecular weight excluding hydrogens is 276 g/mol. The van der Waals surface area contributed by atoms with Gasteiger partial charge in [0.2, 0.25) is 0 Å². The Balaban J connectivity index is 3.89. The molecular formula is C13H26N4O2S. The van der Waals surface area contributed by atoms with Crippen LogP contribution in [0.3, 0.4) is 0 Å². The first-order valence-corrected chi connectivity index (χ1v) is 7.40. The summed E-state index contributed by atoms with van der Waals surface area (Å²) >= 11 is 4.62. The molecule has 0 heterocycles. The minimum Gasteiger partial charge on any atom is -0.392 e. The molecule has 116 valence electrons. The van der Waals surface area contributed by atoms with Crippen LogP contribution in [0.15, 0.2) is 0 Å². The van der Waals surface area contributed by atoms with Crippen molar-refractivity contribution < 1.29 is 9.59 Å². The van der Waals surface area contributed by atoms with Crippen molar-refractivity contribution in [2.24, 2.45) is 5.73 Å². The summed E-state index contributed by atoms with van der Waals surface area (Å²) < 4.78 is 0. The molecule has 1 atom stereocenters. The summed E-state index contributed by atoms with van der Waals surface area (Å²) in [6.45, 7) is 9.24. The zero-order chi connectivity index (χ0) is 15.5. The molecule has 0 aliphatic rings. The zero-order valence-corrected chi connectivity index (χ0v) is 13.4. The van der Waals surface area contributed by atoms with Gasteiger partial charge in [0.25, 0.3) is 0 Å². The summed E-state index contributed by atoms with van der Waals surface area (Å²) in [5, 5.41) is 5.01. The van der Waals surface area contributed by atoms with Crippen molar-refractivity contribution in [2.45, 2.75) is 39.7 Å². The third kappa shape index (κ3) is 8.82. The van der Waals surface area contributed by atoms with Gasteiger partial charge in [-0.1, -0.05) is 26.1 Å². The van der Waals surface area contributed by atoms with E-state index in [1.807, 2.05) is 6.92 Å². The number of nitrogens with zero attached hydrogens (tertiary/aromatic N) is 1. The quantitative estimate of drug-likeness (QED) is 0.413. The minimum atomic E-state index is -0.701. The number of hydrogen-bond acceptors (Lipinski definition) is 4. The largest absolute Gasteiger partial charge is 0.392 e. The van der Waals surface area contributed by atoms with Crippen molar-refractivity contribution in [3.05, 3.63) is 0 Å². The fourth-order valence-corrected chi connectivity index (χ4v) is 1.84. The van der Waals surface area contributed by atoms with Gasteiger partial charge in [-0.2, -0.15) is 0 Å². The van der Waals surface area contributed by atoms with E-state index in [9.17, 15) is 9.59 Å². The smallest absolute Gasteiger partial charge is 0.309 e. The first kappa shape index (κ1) is 18.8. The summed E-state index contributed by atoms with van der Waals surface area (Å²) in [4.78, 5) is 25.4. The molecule has 0 bridgehead atoms. The maximum Gasteiger partial charge on any atom is 0.309 e. The second-order valence-electron chi connectivity index (χ2n) is 4.69. The molecule has 0 aromatic carbocycles. The van der Waals surface area contributed by atoms with Crippen molar-refractivity contribution in [3.63, 3.8) is 0 Å². The van der Waals surface area contributed by atoms with E-state index in [2.05, 4.69) is 41.6 Å². The number of thiocarbonyl (C=S) groups is 1. The molecule has 0 fully saturated rings. The van der Waals surface area contributed by atoms with Gasteiger partial charge in [-0.25, -0.2) is 0 Å². The molecule has 2 amide bonds. The van der Waals surface area contributed by atoms with E-state index in [1.54, 1.807) is 0 Å². The molecule has 0 spiro atoms. The van der Waals surface area contributed by atoms with Crippen LogP contribution in [0.4, 0.5) is 0 Å². The number of hydrogen-bond donors (Lipinski definition) is 3. The highest BCUT2D eigenvalue weighted by molar-refractivity contribution is 7.80. The van der Waals surface area contributed by atoms with Gasteiger partial charge in [-0.15, -0.1) is 0 Å². The van der Waals surface area contributed by atoms with Crippen molar-refractivity contribution >= 4 is 29.0 Å². The number of carbonyl (C=O) groups is 2. The molecule has 0 saturated heterocycles. The Morgan fingerprint density at radius 1 is 1.25 bits per heavy atom. The first-order chi connectivity index (χ1) is 9.40. The molecule has 0 aromatic heterocycles. The van der Waals surface area contributed by atoms with Gasteiger partial charge in [-0.3, -0.25) is 9.59 Å². The van der Waals surface area contributed by atoms with Crippen LogP contribution >= 0.6 is 12.2 Å². The third-order valence-corrected chi connectivity index (χ3v) is 3.16. The van der Waals surface area contributed by atoms with Crippen molar-refractivity contribution in [1.29, 1.82) is 0 Å². The Kier molecular flexibility index (Phi) is 9.92. The normalized spacial score (nSPS) is 12.0. The lowest BCUT2D eigenvalue weighted by Gasteiger charge is -2.19. The van der Waals surface area contributed by atoms with Crippen LogP contribution in [-0.2, 0) is 9.59 Å². The average Bonchev–Trinajstić information content (AvgIpc) is 2.40. The molecule has 0 radical (unpaired) electrons. The minimum absolute atomic E-state index is 0.0337. The van der Waals surface area contributed by atoms with E-state index < -0.39 is 11.8 Å². The highest BCUT2D eigenvalue weighted by Gasteiger charge is 2.15. The van der Waals surface area contributed by atoms with E-state index in [1.165, 1.54) is 0 Å². The number of carbonyl (C=O) groups excluding carboxylic acids is 2. The molecule has 6 nitrogen and oxygen atoms in total. The lowest BCUT2D eigenvalue weighted by molar-refractivity contribution is -0.139. The fourth-order valence-electron chi connectivity index (χ4n) is 1.77. The van der Waals surface area contributed by atoms with Crippen molar-refractivity contribution in [3.8, 4) is 0 Å². The Hall–Kier alpha value is -1.21. The second-order valence-corrected chi connectivity index (χ2v) is 5.22. The summed E-state index contributed by atoms with van der Waals surface area (Å²) in [7, 11) is 0. The van der Waals surface area contributed by atoms with Crippen LogP contribution in [-0.4, -0.2) is 53.9 Å². The summed E-state index contributed by atoms with van der Waals surface area (Å²) in [5.74, 6) is -1.34. The van der Waals surface area contributed by atoms with Gasteiger partial charge in [-0.05, 0) is 39.4 Å². The monoisotopic (exact) mass is 302 g/mol.